The van der Waals surface area contributed by atoms with Crippen LogP contribution < -0.4 is 5.73 Å². The zero-order valence-corrected chi connectivity index (χ0v) is 9.54. The van der Waals surface area contributed by atoms with Gasteiger partial charge in [-0.2, -0.15) is 5.26 Å². The second-order valence-electron chi connectivity index (χ2n) is 3.90. The Morgan fingerprint density at radius 2 is 1.88 bits per heavy atom. The first kappa shape index (κ1) is 10.5. The minimum atomic E-state index is 0.612. The quantitative estimate of drug-likeness (QED) is 0.735. The Morgan fingerprint density at radius 1 is 1.25 bits per heavy atom. The number of hydrogen-bond acceptors (Lipinski definition) is 2. The SMILES string of the molecule is CCc1c(C#N)c(N)c2ccccc2c1C. The highest BCUT2D eigenvalue weighted by molar-refractivity contribution is 5.98. The highest BCUT2D eigenvalue weighted by Crippen LogP contribution is 2.31. The van der Waals surface area contributed by atoms with Gasteiger partial charge in [-0.05, 0) is 29.9 Å². The Bertz CT molecular complexity index is 592. The number of rotatable bonds is 1. The van der Waals surface area contributed by atoms with Gasteiger partial charge in [-0.3, -0.25) is 0 Å². The summed E-state index contributed by atoms with van der Waals surface area (Å²) in [5, 5.41) is 11.3. The first-order valence-corrected chi connectivity index (χ1v) is 5.40. The summed E-state index contributed by atoms with van der Waals surface area (Å²) in [6, 6.07) is 10.2. The molecule has 80 valence electrons. The van der Waals surface area contributed by atoms with E-state index >= 15 is 0 Å². The Morgan fingerprint density at radius 3 is 2.44 bits per heavy atom. The van der Waals surface area contributed by atoms with E-state index in [9.17, 15) is 5.26 Å². The smallest absolute Gasteiger partial charge is 0.102 e. The zero-order chi connectivity index (χ0) is 11.7. The molecular weight excluding hydrogens is 196 g/mol. The number of hydrogen-bond donors (Lipinski definition) is 1. The normalized spacial score (nSPS) is 10.3. The molecule has 0 aromatic heterocycles. The second kappa shape index (κ2) is 3.86. The van der Waals surface area contributed by atoms with Crippen molar-refractivity contribution in [3.05, 3.63) is 41.0 Å². The summed E-state index contributed by atoms with van der Waals surface area (Å²) < 4.78 is 0. The maximum absolute atomic E-state index is 9.18. The molecule has 0 heterocycles. The fourth-order valence-electron chi connectivity index (χ4n) is 2.26. The molecule has 0 bridgehead atoms. The van der Waals surface area contributed by atoms with Crippen molar-refractivity contribution >= 4 is 16.5 Å². The van der Waals surface area contributed by atoms with Crippen molar-refractivity contribution in [3.8, 4) is 6.07 Å². The van der Waals surface area contributed by atoms with E-state index in [1.165, 1.54) is 5.56 Å². The predicted octanol–water partition coefficient (Wildman–Crippen LogP) is 3.16. The fraction of sp³-hybridized carbons (Fsp3) is 0.214. The Hall–Kier alpha value is -2.01. The predicted molar refractivity (Wildman–Crippen MR) is 67.2 cm³/mol. The molecule has 0 saturated carbocycles. The fourth-order valence-corrected chi connectivity index (χ4v) is 2.26. The van der Waals surface area contributed by atoms with E-state index in [-0.39, 0.29) is 0 Å². The Balaban J connectivity index is 3.00. The summed E-state index contributed by atoms with van der Waals surface area (Å²) in [6.07, 6.45) is 0.837. The van der Waals surface area contributed by atoms with Crippen LogP contribution in [-0.4, -0.2) is 0 Å². The van der Waals surface area contributed by atoms with Gasteiger partial charge in [0.1, 0.15) is 6.07 Å². The van der Waals surface area contributed by atoms with E-state index < -0.39 is 0 Å². The lowest BCUT2D eigenvalue weighted by atomic mass is 9.92. The van der Waals surface area contributed by atoms with E-state index in [0.717, 1.165) is 22.8 Å². The van der Waals surface area contributed by atoms with Gasteiger partial charge in [0.05, 0.1) is 11.3 Å². The van der Waals surface area contributed by atoms with Crippen molar-refractivity contribution in [1.29, 1.82) is 5.26 Å². The maximum atomic E-state index is 9.18. The van der Waals surface area contributed by atoms with E-state index in [1.54, 1.807) is 0 Å². The molecular formula is C14H14N2. The van der Waals surface area contributed by atoms with Crippen LogP contribution in [0.25, 0.3) is 10.8 Å². The monoisotopic (exact) mass is 210 g/mol. The molecule has 2 aromatic rings. The van der Waals surface area contributed by atoms with Crippen LogP contribution >= 0.6 is 0 Å². The van der Waals surface area contributed by atoms with Crippen molar-refractivity contribution in [2.45, 2.75) is 20.3 Å². The van der Waals surface area contributed by atoms with E-state index in [0.29, 0.717) is 11.3 Å². The van der Waals surface area contributed by atoms with Gasteiger partial charge in [0, 0.05) is 5.39 Å². The number of nitrogen functional groups attached to an aromatic ring is 1. The van der Waals surface area contributed by atoms with Crippen molar-refractivity contribution in [3.63, 3.8) is 0 Å². The second-order valence-corrected chi connectivity index (χ2v) is 3.90. The number of benzene rings is 2. The summed E-state index contributed by atoms with van der Waals surface area (Å²) >= 11 is 0. The molecule has 2 aromatic carbocycles. The van der Waals surface area contributed by atoms with Crippen molar-refractivity contribution in [1.82, 2.24) is 0 Å². The Kier molecular flexibility index (Phi) is 2.54. The van der Waals surface area contributed by atoms with E-state index in [1.807, 2.05) is 18.2 Å². The van der Waals surface area contributed by atoms with Crippen LogP contribution in [0.15, 0.2) is 24.3 Å². The first-order valence-electron chi connectivity index (χ1n) is 5.40. The zero-order valence-electron chi connectivity index (χ0n) is 9.54. The van der Waals surface area contributed by atoms with Crippen LogP contribution in [0.1, 0.15) is 23.6 Å². The van der Waals surface area contributed by atoms with Gasteiger partial charge < -0.3 is 5.73 Å². The number of nitrogens with zero attached hydrogens (tertiary/aromatic N) is 1. The van der Waals surface area contributed by atoms with Crippen LogP contribution in [0.2, 0.25) is 0 Å². The van der Waals surface area contributed by atoms with Gasteiger partial charge in [-0.15, -0.1) is 0 Å². The molecule has 0 radical (unpaired) electrons. The minimum absolute atomic E-state index is 0.612. The van der Waals surface area contributed by atoms with E-state index in [2.05, 4.69) is 26.0 Å². The molecule has 2 heteroatoms. The first-order chi connectivity index (χ1) is 7.70. The van der Waals surface area contributed by atoms with Crippen molar-refractivity contribution < 1.29 is 0 Å². The molecule has 0 aliphatic heterocycles. The van der Waals surface area contributed by atoms with Gasteiger partial charge in [-0.1, -0.05) is 31.2 Å². The van der Waals surface area contributed by atoms with Crippen LogP contribution in [0.4, 0.5) is 5.69 Å². The van der Waals surface area contributed by atoms with Gasteiger partial charge in [0.15, 0.2) is 0 Å². The summed E-state index contributed by atoms with van der Waals surface area (Å²) in [5.74, 6) is 0. The third-order valence-electron chi connectivity index (χ3n) is 3.11. The molecule has 0 unspecified atom stereocenters. The third kappa shape index (κ3) is 1.33. The topological polar surface area (TPSA) is 49.8 Å². The largest absolute Gasteiger partial charge is 0.397 e. The van der Waals surface area contributed by atoms with Gasteiger partial charge in [-0.25, -0.2) is 0 Å². The van der Waals surface area contributed by atoms with E-state index in [4.69, 9.17) is 5.73 Å². The Labute approximate surface area is 95.3 Å². The van der Waals surface area contributed by atoms with Crippen LogP contribution in [0.3, 0.4) is 0 Å². The standard InChI is InChI=1S/C14H14N2/c1-3-10-9(2)11-6-4-5-7-12(11)14(16)13(10)8-15/h4-7H,3,16H2,1-2H3. The molecule has 0 fully saturated rings. The van der Waals surface area contributed by atoms with Crippen LogP contribution in [-0.2, 0) is 6.42 Å². The molecule has 16 heavy (non-hydrogen) atoms. The number of nitriles is 1. The lowest BCUT2D eigenvalue weighted by molar-refractivity contribution is 1.11. The lowest BCUT2D eigenvalue weighted by Gasteiger charge is -2.13. The maximum Gasteiger partial charge on any atom is 0.102 e. The van der Waals surface area contributed by atoms with Crippen molar-refractivity contribution in [2.75, 3.05) is 5.73 Å². The molecule has 0 amide bonds. The number of aryl methyl sites for hydroxylation is 1. The summed E-state index contributed by atoms with van der Waals surface area (Å²) in [7, 11) is 0. The van der Waals surface area contributed by atoms with Crippen LogP contribution in [0.5, 0.6) is 0 Å². The minimum Gasteiger partial charge on any atom is -0.397 e. The lowest BCUT2D eigenvalue weighted by Crippen LogP contribution is -2.00. The number of fused-ring (bicyclic) bond motifs is 1. The molecule has 2 nitrogen and oxygen atoms in total. The molecule has 0 atom stereocenters. The summed E-state index contributed by atoms with van der Waals surface area (Å²) in [5.41, 5.74) is 9.54. The molecule has 2 rings (SSSR count). The summed E-state index contributed by atoms with van der Waals surface area (Å²) in [6.45, 7) is 4.11. The van der Waals surface area contributed by atoms with Crippen LogP contribution in [0, 0.1) is 18.3 Å². The van der Waals surface area contributed by atoms with Crippen molar-refractivity contribution in [2.24, 2.45) is 0 Å². The molecule has 2 N–H and O–H groups in total. The third-order valence-corrected chi connectivity index (χ3v) is 3.11. The highest BCUT2D eigenvalue weighted by Gasteiger charge is 2.13. The average Bonchev–Trinajstić information content (AvgIpc) is 2.33. The molecule has 0 spiro atoms. The molecule has 0 saturated heterocycles. The van der Waals surface area contributed by atoms with Gasteiger partial charge in [0.25, 0.3) is 0 Å². The average molecular weight is 210 g/mol. The van der Waals surface area contributed by atoms with Gasteiger partial charge >= 0.3 is 0 Å². The molecule has 0 aliphatic rings. The van der Waals surface area contributed by atoms with Gasteiger partial charge in [0.2, 0.25) is 0 Å². The summed E-state index contributed by atoms with van der Waals surface area (Å²) in [4.78, 5) is 0. The molecule has 0 aliphatic carbocycles. The highest BCUT2D eigenvalue weighted by atomic mass is 14.6. The number of nitrogens with two attached hydrogens (primary N) is 1. The number of anilines is 1.